The number of amides is 1. The van der Waals surface area contributed by atoms with E-state index in [1.165, 1.54) is 17.3 Å². The van der Waals surface area contributed by atoms with E-state index in [1.54, 1.807) is 12.4 Å². The Morgan fingerprint density at radius 3 is 2.57 bits per heavy atom. The number of carbonyl (C=O) groups excluding carboxylic acids is 1. The highest BCUT2D eigenvalue weighted by Gasteiger charge is 2.30. The number of carbonyl (C=O) groups is 1. The molecular formula is C21H23N5OS. The molecule has 1 amide bonds. The molecule has 4 rings (SSSR count). The van der Waals surface area contributed by atoms with Gasteiger partial charge in [-0.05, 0) is 49.1 Å². The summed E-state index contributed by atoms with van der Waals surface area (Å²) in [7, 11) is 0. The van der Waals surface area contributed by atoms with Crippen molar-refractivity contribution in [3.63, 3.8) is 0 Å². The molecule has 1 N–H and O–H groups in total. The fourth-order valence-corrected chi connectivity index (χ4v) is 3.91. The first kappa shape index (κ1) is 18.7. The number of hydrogen-bond donors (Lipinski definition) is 1. The van der Waals surface area contributed by atoms with E-state index in [9.17, 15) is 4.79 Å². The monoisotopic (exact) mass is 393 g/mol. The van der Waals surface area contributed by atoms with Gasteiger partial charge in [0.25, 0.3) is 0 Å². The zero-order chi connectivity index (χ0) is 19.3. The summed E-state index contributed by atoms with van der Waals surface area (Å²) in [6.45, 7) is 2.16. The van der Waals surface area contributed by atoms with Crippen LogP contribution < -0.4 is 5.32 Å². The second-order valence-electron chi connectivity index (χ2n) is 6.93. The number of nitrogens with zero attached hydrogens (tertiary/aromatic N) is 4. The van der Waals surface area contributed by atoms with Crippen molar-refractivity contribution < 1.29 is 4.79 Å². The smallest absolute Gasteiger partial charge is 0.234 e. The van der Waals surface area contributed by atoms with Gasteiger partial charge in [0.15, 0.2) is 11.0 Å². The van der Waals surface area contributed by atoms with Crippen molar-refractivity contribution in [2.75, 3.05) is 11.1 Å². The normalized spacial score (nSPS) is 13.5. The van der Waals surface area contributed by atoms with Crippen molar-refractivity contribution >= 4 is 23.4 Å². The number of aromatic nitrogens is 4. The number of aryl methyl sites for hydroxylation is 1. The van der Waals surface area contributed by atoms with E-state index in [4.69, 9.17) is 0 Å². The van der Waals surface area contributed by atoms with Gasteiger partial charge in [-0.1, -0.05) is 37.2 Å². The summed E-state index contributed by atoms with van der Waals surface area (Å²) >= 11 is 1.43. The van der Waals surface area contributed by atoms with Crippen molar-refractivity contribution in [3.8, 4) is 11.4 Å². The molecule has 0 spiro atoms. The van der Waals surface area contributed by atoms with Gasteiger partial charge in [0, 0.05) is 29.7 Å². The van der Waals surface area contributed by atoms with Gasteiger partial charge in [0.2, 0.25) is 5.91 Å². The first-order chi connectivity index (χ1) is 13.7. The van der Waals surface area contributed by atoms with E-state index in [0.29, 0.717) is 11.8 Å². The van der Waals surface area contributed by atoms with Crippen LogP contribution in [0.5, 0.6) is 0 Å². The Morgan fingerprint density at radius 2 is 1.89 bits per heavy atom. The minimum atomic E-state index is -0.0379. The molecule has 1 aliphatic rings. The third-order valence-electron chi connectivity index (χ3n) is 4.62. The number of benzene rings is 1. The number of rotatable bonds is 8. The largest absolute Gasteiger partial charge is 0.325 e. The van der Waals surface area contributed by atoms with Crippen LogP contribution in [0.4, 0.5) is 5.69 Å². The molecule has 2 heterocycles. The second-order valence-corrected chi connectivity index (χ2v) is 7.87. The Balaban J connectivity index is 1.41. The van der Waals surface area contributed by atoms with Crippen LogP contribution in [0.1, 0.15) is 37.8 Å². The molecule has 28 heavy (non-hydrogen) atoms. The van der Waals surface area contributed by atoms with E-state index in [0.717, 1.165) is 47.9 Å². The van der Waals surface area contributed by atoms with Gasteiger partial charge in [0.1, 0.15) is 0 Å². The maximum atomic E-state index is 12.4. The van der Waals surface area contributed by atoms with Gasteiger partial charge in [-0.2, -0.15) is 0 Å². The predicted octanol–water partition coefficient (Wildman–Crippen LogP) is 4.36. The summed E-state index contributed by atoms with van der Waals surface area (Å²) in [6, 6.07) is 12.4. The van der Waals surface area contributed by atoms with E-state index < -0.39 is 0 Å². The summed E-state index contributed by atoms with van der Waals surface area (Å²) in [6.07, 6.45) is 7.94. The average Bonchev–Trinajstić information content (AvgIpc) is 3.47. The number of hydrogen-bond acceptors (Lipinski definition) is 5. The topological polar surface area (TPSA) is 72.7 Å². The Morgan fingerprint density at radius 1 is 1.14 bits per heavy atom. The van der Waals surface area contributed by atoms with Crippen LogP contribution in [0, 0.1) is 0 Å². The van der Waals surface area contributed by atoms with Gasteiger partial charge < -0.3 is 5.32 Å². The highest BCUT2D eigenvalue weighted by atomic mass is 32.2. The lowest BCUT2D eigenvalue weighted by Crippen LogP contribution is -2.14. The van der Waals surface area contributed by atoms with E-state index in [1.807, 2.05) is 24.3 Å². The van der Waals surface area contributed by atoms with Crippen LogP contribution in [0.2, 0.25) is 0 Å². The summed E-state index contributed by atoms with van der Waals surface area (Å²) in [5.74, 6) is 1.11. The SMILES string of the molecule is CCCc1ccc(NC(=O)CSc2nnc(-c3ccncc3)n2C2CC2)cc1. The van der Waals surface area contributed by atoms with Crippen LogP contribution in [-0.2, 0) is 11.2 Å². The fourth-order valence-electron chi connectivity index (χ4n) is 3.11. The average molecular weight is 394 g/mol. The highest BCUT2D eigenvalue weighted by molar-refractivity contribution is 7.99. The molecule has 7 heteroatoms. The molecule has 0 saturated heterocycles. The molecule has 0 bridgehead atoms. The lowest BCUT2D eigenvalue weighted by atomic mass is 10.1. The number of thioether (sulfide) groups is 1. The van der Waals surface area contributed by atoms with Gasteiger partial charge in [0.05, 0.1) is 5.75 Å². The van der Waals surface area contributed by atoms with E-state index in [-0.39, 0.29) is 5.91 Å². The van der Waals surface area contributed by atoms with Crippen molar-refractivity contribution in [3.05, 3.63) is 54.4 Å². The highest BCUT2D eigenvalue weighted by Crippen LogP contribution is 2.40. The maximum absolute atomic E-state index is 12.4. The molecule has 1 aromatic carbocycles. The molecule has 0 unspecified atom stereocenters. The number of anilines is 1. The third kappa shape index (κ3) is 4.42. The van der Waals surface area contributed by atoms with Crippen LogP contribution in [0.15, 0.2) is 53.9 Å². The summed E-state index contributed by atoms with van der Waals surface area (Å²) in [4.78, 5) is 16.4. The third-order valence-corrected chi connectivity index (χ3v) is 5.57. The minimum absolute atomic E-state index is 0.0379. The van der Waals surface area contributed by atoms with Crippen LogP contribution >= 0.6 is 11.8 Å². The molecule has 2 aromatic heterocycles. The maximum Gasteiger partial charge on any atom is 0.234 e. The Kier molecular flexibility index (Phi) is 5.71. The van der Waals surface area contributed by atoms with Crippen LogP contribution in [0.3, 0.4) is 0 Å². The Labute approximate surface area is 168 Å². The van der Waals surface area contributed by atoms with Crippen molar-refractivity contribution in [1.82, 2.24) is 19.7 Å². The molecule has 1 fully saturated rings. The van der Waals surface area contributed by atoms with Crippen molar-refractivity contribution in [2.45, 2.75) is 43.8 Å². The molecule has 6 nitrogen and oxygen atoms in total. The zero-order valence-corrected chi connectivity index (χ0v) is 16.7. The van der Waals surface area contributed by atoms with Gasteiger partial charge in [-0.3, -0.25) is 14.3 Å². The van der Waals surface area contributed by atoms with E-state index in [2.05, 4.69) is 44.1 Å². The second kappa shape index (κ2) is 8.56. The zero-order valence-electron chi connectivity index (χ0n) is 15.8. The van der Waals surface area contributed by atoms with Crippen molar-refractivity contribution in [1.29, 1.82) is 0 Å². The summed E-state index contributed by atoms with van der Waals surface area (Å²) < 4.78 is 2.16. The minimum Gasteiger partial charge on any atom is -0.325 e. The molecule has 0 atom stereocenters. The number of pyridine rings is 1. The van der Waals surface area contributed by atoms with Gasteiger partial charge in [-0.25, -0.2) is 0 Å². The standard InChI is InChI=1S/C21H23N5OS/c1-2-3-15-4-6-17(7-5-15)23-19(27)14-28-21-25-24-20(26(21)18-8-9-18)16-10-12-22-13-11-16/h4-7,10-13,18H,2-3,8-9,14H2,1H3,(H,23,27). The molecule has 144 valence electrons. The van der Waals surface area contributed by atoms with Gasteiger partial charge >= 0.3 is 0 Å². The molecule has 0 radical (unpaired) electrons. The predicted molar refractivity (Wildman–Crippen MR) is 111 cm³/mol. The summed E-state index contributed by atoms with van der Waals surface area (Å²) in [5, 5.41) is 12.5. The van der Waals surface area contributed by atoms with Crippen LogP contribution in [-0.4, -0.2) is 31.4 Å². The van der Waals surface area contributed by atoms with E-state index >= 15 is 0 Å². The first-order valence-electron chi connectivity index (χ1n) is 9.61. The molecule has 1 saturated carbocycles. The lowest BCUT2D eigenvalue weighted by Gasteiger charge is -2.09. The quantitative estimate of drug-likeness (QED) is 0.576. The molecule has 3 aromatic rings. The van der Waals surface area contributed by atoms with Gasteiger partial charge in [-0.15, -0.1) is 10.2 Å². The van der Waals surface area contributed by atoms with Crippen LogP contribution in [0.25, 0.3) is 11.4 Å². The van der Waals surface area contributed by atoms with Crippen molar-refractivity contribution in [2.24, 2.45) is 0 Å². The molecular weight excluding hydrogens is 370 g/mol. The number of nitrogens with one attached hydrogen (secondary N) is 1. The molecule has 0 aliphatic heterocycles. The Hall–Kier alpha value is -2.67. The molecule has 1 aliphatic carbocycles. The fraction of sp³-hybridized carbons (Fsp3) is 0.333. The first-order valence-corrected chi connectivity index (χ1v) is 10.6. The summed E-state index contributed by atoms with van der Waals surface area (Å²) in [5.41, 5.74) is 3.11. The Bertz CT molecular complexity index is 935. The lowest BCUT2D eigenvalue weighted by molar-refractivity contribution is -0.113.